The maximum absolute atomic E-state index is 12.1. The smallest absolute Gasteiger partial charge is 0.345 e. The van der Waals surface area contributed by atoms with E-state index in [9.17, 15) is 19.7 Å². The number of ketones is 1. The molecule has 0 radical (unpaired) electrons. The van der Waals surface area contributed by atoms with Crippen LogP contribution in [-0.4, -0.2) is 23.8 Å². The summed E-state index contributed by atoms with van der Waals surface area (Å²) in [6.07, 6.45) is 0. The molecule has 0 heterocycles. The van der Waals surface area contributed by atoms with Crippen molar-refractivity contribution in [2.45, 2.75) is 13.5 Å². The summed E-state index contributed by atoms with van der Waals surface area (Å²) in [6, 6.07) is 10.3. The Hall–Kier alpha value is -3.22. The van der Waals surface area contributed by atoms with Crippen molar-refractivity contribution in [2.24, 2.45) is 0 Å². The number of rotatable bonds is 6. The van der Waals surface area contributed by atoms with Crippen LogP contribution in [0.15, 0.2) is 42.5 Å². The molecule has 7 heteroatoms. The van der Waals surface area contributed by atoms with Crippen molar-refractivity contribution in [3.63, 3.8) is 0 Å². The molecule has 0 bridgehead atoms. The van der Waals surface area contributed by atoms with E-state index in [-0.39, 0.29) is 23.6 Å². The minimum atomic E-state index is -0.822. The van der Waals surface area contributed by atoms with Crippen molar-refractivity contribution in [3.05, 3.63) is 69.3 Å². The summed E-state index contributed by atoms with van der Waals surface area (Å²) < 4.78 is 10.3. The van der Waals surface area contributed by atoms with E-state index in [1.165, 1.54) is 38.3 Å². The molecule has 0 fully saturated rings. The van der Waals surface area contributed by atoms with Crippen molar-refractivity contribution < 1.29 is 24.0 Å². The summed E-state index contributed by atoms with van der Waals surface area (Å²) in [7, 11) is 1.45. The number of hydrogen-bond acceptors (Lipinski definition) is 6. The van der Waals surface area contributed by atoms with Gasteiger partial charge < -0.3 is 9.47 Å². The third-order valence-corrected chi connectivity index (χ3v) is 3.37. The van der Waals surface area contributed by atoms with Gasteiger partial charge >= 0.3 is 5.97 Å². The molecule has 0 aliphatic rings. The topological polar surface area (TPSA) is 95.7 Å². The van der Waals surface area contributed by atoms with Crippen LogP contribution in [0.5, 0.6) is 5.75 Å². The maximum atomic E-state index is 12.1. The zero-order valence-electron chi connectivity index (χ0n) is 13.1. The molecule has 0 saturated heterocycles. The normalized spacial score (nSPS) is 10.1. The Kier molecular flexibility index (Phi) is 5.26. The lowest BCUT2D eigenvalue weighted by molar-refractivity contribution is -0.385. The molecule has 7 nitrogen and oxygen atoms in total. The monoisotopic (exact) mass is 329 g/mol. The number of carbonyl (C=O) groups excluding carboxylic acids is 2. The highest BCUT2D eigenvalue weighted by Crippen LogP contribution is 2.23. The molecule has 0 unspecified atom stereocenters. The van der Waals surface area contributed by atoms with Gasteiger partial charge in [0, 0.05) is 17.2 Å². The van der Waals surface area contributed by atoms with Gasteiger partial charge in [-0.05, 0) is 31.2 Å². The third-order valence-electron chi connectivity index (χ3n) is 3.37. The van der Waals surface area contributed by atoms with Crippen molar-refractivity contribution >= 4 is 17.4 Å². The number of Topliss-reactive ketones (excluding diaryl/α,β-unsaturated/α-hetero) is 1. The Bertz CT molecular complexity index is 799. The lowest BCUT2D eigenvalue weighted by Crippen LogP contribution is -2.09. The fourth-order valence-electron chi connectivity index (χ4n) is 2.14. The lowest BCUT2D eigenvalue weighted by Gasteiger charge is -2.10. The van der Waals surface area contributed by atoms with Crippen molar-refractivity contribution in [1.29, 1.82) is 0 Å². The molecule has 0 aliphatic heterocycles. The summed E-state index contributed by atoms with van der Waals surface area (Å²) in [5.41, 5.74) is 0.487. The average Bonchev–Trinajstić information content (AvgIpc) is 2.59. The number of para-hydroxylation sites is 1. The highest BCUT2D eigenvalue weighted by molar-refractivity contribution is 5.95. The molecular weight excluding hydrogens is 314 g/mol. The number of nitro benzene ring substituents is 1. The molecule has 2 rings (SSSR count). The minimum absolute atomic E-state index is 0.135. The van der Waals surface area contributed by atoms with Gasteiger partial charge in [0.2, 0.25) is 0 Å². The van der Waals surface area contributed by atoms with Crippen LogP contribution in [0.4, 0.5) is 5.69 Å². The summed E-state index contributed by atoms with van der Waals surface area (Å²) >= 11 is 0. The molecule has 124 valence electrons. The summed E-state index contributed by atoms with van der Waals surface area (Å²) in [4.78, 5) is 33.9. The number of ether oxygens (including phenoxy) is 2. The van der Waals surface area contributed by atoms with Gasteiger partial charge in [0.1, 0.15) is 17.9 Å². The second-order valence-electron chi connectivity index (χ2n) is 4.93. The quantitative estimate of drug-likeness (QED) is 0.349. The van der Waals surface area contributed by atoms with E-state index >= 15 is 0 Å². The SMILES string of the molecule is COc1ccc(C(C)=O)cc1COC(=O)c1ccccc1[N+](=O)[O-]. The number of nitro groups is 1. The van der Waals surface area contributed by atoms with Crippen LogP contribution in [0.1, 0.15) is 33.2 Å². The van der Waals surface area contributed by atoms with E-state index in [1.807, 2.05) is 0 Å². The predicted octanol–water partition coefficient (Wildman–Crippen LogP) is 3.16. The number of nitrogens with zero attached hydrogens (tertiary/aromatic N) is 1. The van der Waals surface area contributed by atoms with Crippen LogP contribution in [0.25, 0.3) is 0 Å². The number of hydrogen-bond donors (Lipinski definition) is 0. The molecule has 0 atom stereocenters. The molecule has 2 aromatic rings. The van der Waals surface area contributed by atoms with E-state index in [1.54, 1.807) is 18.2 Å². The highest BCUT2D eigenvalue weighted by Gasteiger charge is 2.21. The zero-order chi connectivity index (χ0) is 17.7. The van der Waals surface area contributed by atoms with Crippen LogP contribution in [0, 0.1) is 10.1 Å². The van der Waals surface area contributed by atoms with Gasteiger partial charge in [-0.3, -0.25) is 14.9 Å². The molecule has 2 aromatic carbocycles. The number of benzene rings is 2. The van der Waals surface area contributed by atoms with Gasteiger partial charge in [-0.25, -0.2) is 4.79 Å². The van der Waals surface area contributed by atoms with Crippen LogP contribution in [0.2, 0.25) is 0 Å². The van der Waals surface area contributed by atoms with Crippen LogP contribution < -0.4 is 4.74 Å². The molecule has 0 amide bonds. The largest absolute Gasteiger partial charge is 0.496 e. The van der Waals surface area contributed by atoms with E-state index in [0.717, 1.165) is 0 Å². The van der Waals surface area contributed by atoms with E-state index in [0.29, 0.717) is 16.9 Å². The molecular formula is C17H15NO6. The fraction of sp³-hybridized carbons (Fsp3) is 0.176. The first-order valence-electron chi connectivity index (χ1n) is 7.02. The molecule has 0 aliphatic carbocycles. The summed E-state index contributed by atoms with van der Waals surface area (Å²) in [5.74, 6) is -0.503. The van der Waals surface area contributed by atoms with Crippen LogP contribution in [0.3, 0.4) is 0 Å². The van der Waals surface area contributed by atoms with Crippen molar-refractivity contribution in [1.82, 2.24) is 0 Å². The van der Waals surface area contributed by atoms with Gasteiger partial charge in [0.25, 0.3) is 5.69 Å². The van der Waals surface area contributed by atoms with Crippen LogP contribution in [-0.2, 0) is 11.3 Å². The Labute approximate surface area is 138 Å². The molecule has 0 aromatic heterocycles. The summed E-state index contributed by atoms with van der Waals surface area (Å²) in [5, 5.41) is 11.0. The first-order valence-corrected chi connectivity index (χ1v) is 7.02. The average molecular weight is 329 g/mol. The maximum Gasteiger partial charge on any atom is 0.345 e. The van der Waals surface area contributed by atoms with Crippen molar-refractivity contribution in [3.8, 4) is 5.75 Å². The Morgan fingerprint density at radius 1 is 1.17 bits per heavy atom. The Morgan fingerprint density at radius 2 is 1.88 bits per heavy atom. The van der Waals surface area contributed by atoms with Crippen LogP contribution >= 0.6 is 0 Å². The zero-order valence-corrected chi connectivity index (χ0v) is 13.1. The second-order valence-corrected chi connectivity index (χ2v) is 4.93. The lowest BCUT2D eigenvalue weighted by atomic mass is 10.1. The number of esters is 1. The van der Waals surface area contributed by atoms with Gasteiger partial charge in [0.15, 0.2) is 5.78 Å². The standard InChI is InChI=1S/C17H15NO6/c1-11(19)12-7-8-16(23-2)13(9-12)10-24-17(20)14-5-3-4-6-15(14)18(21)22/h3-9H,10H2,1-2H3. The van der Waals surface area contributed by atoms with E-state index < -0.39 is 10.9 Å². The van der Waals surface area contributed by atoms with Gasteiger partial charge in [-0.1, -0.05) is 12.1 Å². The second kappa shape index (κ2) is 7.36. The van der Waals surface area contributed by atoms with E-state index in [2.05, 4.69) is 0 Å². The fourth-order valence-corrected chi connectivity index (χ4v) is 2.14. The Balaban J connectivity index is 2.22. The van der Waals surface area contributed by atoms with Crippen molar-refractivity contribution in [2.75, 3.05) is 7.11 Å². The first kappa shape index (κ1) is 17.1. The third kappa shape index (κ3) is 3.75. The molecule has 0 spiro atoms. The number of carbonyl (C=O) groups is 2. The molecule has 24 heavy (non-hydrogen) atoms. The van der Waals surface area contributed by atoms with Gasteiger partial charge in [-0.15, -0.1) is 0 Å². The summed E-state index contributed by atoms with van der Waals surface area (Å²) in [6.45, 7) is 1.25. The van der Waals surface area contributed by atoms with E-state index in [4.69, 9.17) is 9.47 Å². The molecule has 0 saturated carbocycles. The van der Waals surface area contributed by atoms with Gasteiger partial charge in [-0.2, -0.15) is 0 Å². The predicted molar refractivity (Wildman–Crippen MR) is 85.2 cm³/mol. The van der Waals surface area contributed by atoms with Gasteiger partial charge in [0.05, 0.1) is 12.0 Å². The highest BCUT2D eigenvalue weighted by atomic mass is 16.6. The Morgan fingerprint density at radius 3 is 2.50 bits per heavy atom. The first-order chi connectivity index (χ1) is 11.4. The minimum Gasteiger partial charge on any atom is -0.496 e. The molecule has 0 N–H and O–H groups in total. The number of methoxy groups -OCH3 is 1.